The van der Waals surface area contributed by atoms with E-state index in [-0.39, 0.29) is 0 Å². The van der Waals surface area contributed by atoms with Gasteiger partial charge in [-0.3, -0.25) is 0 Å². The van der Waals surface area contributed by atoms with Gasteiger partial charge in [-0.05, 0) is 60.6 Å². The number of nitrogens with one attached hydrogen (secondary N) is 1. The lowest BCUT2D eigenvalue weighted by Crippen LogP contribution is -1.96. The van der Waals surface area contributed by atoms with Crippen LogP contribution in [0.5, 0.6) is 0 Å². The van der Waals surface area contributed by atoms with Crippen molar-refractivity contribution >= 4 is 11.4 Å². The molecule has 0 spiro atoms. The summed E-state index contributed by atoms with van der Waals surface area (Å²) in [6.45, 7) is 2.19. The molecule has 0 saturated carbocycles. The molecule has 18 heavy (non-hydrogen) atoms. The van der Waals surface area contributed by atoms with Crippen molar-refractivity contribution in [2.75, 3.05) is 5.32 Å². The Labute approximate surface area is 109 Å². The lowest BCUT2D eigenvalue weighted by molar-refractivity contribution is 0.912. The lowest BCUT2D eigenvalue weighted by Gasteiger charge is -2.12. The number of aryl methyl sites for hydroxylation is 2. The molecule has 1 aliphatic carbocycles. The van der Waals surface area contributed by atoms with Crippen LogP contribution in [0.2, 0.25) is 0 Å². The molecule has 1 heteroatoms. The van der Waals surface area contributed by atoms with Gasteiger partial charge in [0.1, 0.15) is 0 Å². The minimum atomic E-state index is 1.09. The SMILES string of the molecule is CCc1cccc(Nc2cccc3c2CCC3)c1. The van der Waals surface area contributed by atoms with E-state index in [1.807, 2.05) is 0 Å². The molecule has 1 N–H and O–H groups in total. The van der Waals surface area contributed by atoms with Gasteiger partial charge in [0.05, 0.1) is 0 Å². The van der Waals surface area contributed by atoms with Crippen molar-refractivity contribution in [2.24, 2.45) is 0 Å². The molecule has 0 radical (unpaired) electrons. The van der Waals surface area contributed by atoms with E-state index in [2.05, 4.69) is 54.7 Å². The molecule has 0 aliphatic heterocycles. The third kappa shape index (κ3) is 2.13. The molecule has 92 valence electrons. The molecule has 0 atom stereocenters. The standard InChI is InChI=1S/C17H19N/c1-2-13-6-3-9-15(12-13)18-17-11-5-8-14-7-4-10-16(14)17/h3,5-6,8-9,11-12,18H,2,4,7,10H2,1H3. The monoisotopic (exact) mass is 237 g/mol. The average molecular weight is 237 g/mol. The summed E-state index contributed by atoms with van der Waals surface area (Å²) in [4.78, 5) is 0. The first kappa shape index (κ1) is 11.3. The van der Waals surface area contributed by atoms with Gasteiger partial charge in [0.15, 0.2) is 0 Å². The number of fused-ring (bicyclic) bond motifs is 1. The highest BCUT2D eigenvalue weighted by molar-refractivity contribution is 5.66. The molecule has 1 nitrogen and oxygen atoms in total. The molecule has 0 amide bonds. The first-order valence-corrected chi connectivity index (χ1v) is 6.83. The maximum Gasteiger partial charge on any atom is 0.0419 e. The van der Waals surface area contributed by atoms with Crippen molar-refractivity contribution in [2.45, 2.75) is 32.6 Å². The molecule has 3 rings (SSSR count). The lowest BCUT2D eigenvalue weighted by atomic mass is 10.1. The Morgan fingerprint density at radius 1 is 1.06 bits per heavy atom. The highest BCUT2D eigenvalue weighted by atomic mass is 14.9. The van der Waals surface area contributed by atoms with E-state index in [0.717, 1.165) is 6.42 Å². The molecule has 2 aromatic carbocycles. The van der Waals surface area contributed by atoms with Crippen molar-refractivity contribution in [1.29, 1.82) is 0 Å². The van der Waals surface area contributed by atoms with Crippen molar-refractivity contribution in [3.63, 3.8) is 0 Å². The fraction of sp³-hybridized carbons (Fsp3) is 0.294. The Morgan fingerprint density at radius 2 is 1.94 bits per heavy atom. The minimum Gasteiger partial charge on any atom is -0.355 e. The summed E-state index contributed by atoms with van der Waals surface area (Å²) in [5.74, 6) is 0. The van der Waals surface area contributed by atoms with Crippen LogP contribution in [0.25, 0.3) is 0 Å². The van der Waals surface area contributed by atoms with E-state index < -0.39 is 0 Å². The van der Waals surface area contributed by atoms with Crippen LogP contribution in [-0.2, 0) is 19.3 Å². The normalized spacial score (nSPS) is 13.4. The van der Waals surface area contributed by atoms with Gasteiger partial charge < -0.3 is 5.32 Å². The highest BCUT2D eigenvalue weighted by Gasteiger charge is 2.14. The molecule has 0 saturated heterocycles. The van der Waals surface area contributed by atoms with Crippen LogP contribution < -0.4 is 5.32 Å². The zero-order valence-corrected chi connectivity index (χ0v) is 10.9. The van der Waals surface area contributed by atoms with Gasteiger partial charge in [0.2, 0.25) is 0 Å². The maximum absolute atomic E-state index is 3.58. The van der Waals surface area contributed by atoms with Gasteiger partial charge in [0, 0.05) is 11.4 Å². The molecule has 0 bridgehead atoms. The van der Waals surface area contributed by atoms with E-state index in [0.29, 0.717) is 0 Å². The fourth-order valence-electron chi connectivity index (χ4n) is 2.76. The van der Waals surface area contributed by atoms with Crippen LogP contribution in [0.1, 0.15) is 30.0 Å². The van der Waals surface area contributed by atoms with Crippen molar-refractivity contribution in [1.82, 2.24) is 0 Å². The van der Waals surface area contributed by atoms with E-state index in [4.69, 9.17) is 0 Å². The number of anilines is 2. The van der Waals surface area contributed by atoms with Crippen LogP contribution in [0.3, 0.4) is 0 Å². The zero-order chi connectivity index (χ0) is 12.4. The molecule has 0 heterocycles. The summed E-state index contributed by atoms with van der Waals surface area (Å²) >= 11 is 0. The van der Waals surface area contributed by atoms with Crippen LogP contribution >= 0.6 is 0 Å². The summed E-state index contributed by atoms with van der Waals surface area (Å²) in [6.07, 6.45) is 4.83. The second kappa shape index (κ2) is 4.85. The number of hydrogen-bond donors (Lipinski definition) is 1. The van der Waals surface area contributed by atoms with Crippen molar-refractivity contribution in [3.8, 4) is 0 Å². The van der Waals surface area contributed by atoms with Gasteiger partial charge in [-0.15, -0.1) is 0 Å². The van der Waals surface area contributed by atoms with Crippen molar-refractivity contribution < 1.29 is 0 Å². The Hall–Kier alpha value is -1.76. The van der Waals surface area contributed by atoms with Crippen LogP contribution in [-0.4, -0.2) is 0 Å². The van der Waals surface area contributed by atoms with E-state index >= 15 is 0 Å². The largest absolute Gasteiger partial charge is 0.355 e. The van der Waals surface area contributed by atoms with Gasteiger partial charge >= 0.3 is 0 Å². The van der Waals surface area contributed by atoms with Gasteiger partial charge in [-0.2, -0.15) is 0 Å². The third-order valence-corrected chi connectivity index (χ3v) is 3.76. The molecule has 1 aliphatic rings. The minimum absolute atomic E-state index is 1.09. The Morgan fingerprint density at radius 3 is 2.83 bits per heavy atom. The Bertz CT molecular complexity index is 557. The second-order valence-corrected chi connectivity index (χ2v) is 4.98. The zero-order valence-electron chi connectivity index (χ0n) is 10.9. The molecule has 0 fully saturated rings. The number of rotatable bonds is 3. The van der Waals surface area contributed by atoms with Crippen molar-refractivity contribution in [3.05, 3.63) is 59.2 Å². The topological polar surface area (TPSA) is 12.0 Å². The van der Waals surface area contributed by atoms with Crippen LogP contribution in [0.15, 0.2) is 42.5 Å². The molecule has 0 aromatic heterocycles. The quantitative estimate of drug-likeness (QED) is 0.829. The predicted octanol–water partition coefficient (Wildman–Crippen LogP) is 4.48. The molecule has 2 aromatic rings. The first-order valence-electron chi connectivity index (χ1n) is 6.83. The number of hydrogen-bond acceptors (Lipinski definition) is 1. The fourth-order valence-corrected chi connectivity index (χ4v) is 2.76. The first-order chi connectivity index (χ1) is 8.86. The van der Waals surface area contributed by atoms with E-state index in [9.17, 15) is 0 Å². The molecule has 0 unspecified atom stereocenters. The Balaban J connectivity index is 1.90. The average Bonchev–Trinajstić information content (AvgIpc) is 2.88. The summed E-state index contributed by atoms with van der Waals surface area (Å²) in [7, 11) is 0. The summed E-state index contributed by atoms with van der Waals surface area (Å²) in [6, 6.07) is 15.3. The predicted molar refractivity (Wildman–Crippen MR) is 77.6 cm³/mol. The number of benzene rings is 2. The van der Waals surface area contributed by atoms with Gasteiger partial charge in [-0.1, -0.05) is 31.2 Å². The summed E-state index contributed by atoms with van der Waals surface area (Å²) in [5.41, 5.74) is 6.91. The maximum atomic E-state index is 3.58. The Kier molecular flexibility index (Phi) is 3.06. The smallest absolute Gasteiger partial charge is 0.0419 e. The van der Waals surface area contributed by atoms with E-state index in [1.54, 1.807) is 0 Å². The summed E-state index contributed by atoms with van der Waals surface area (Å²) in [5, 5.41) is 3.58. The van der Waals surface area contributed by atoms with Crippen LogP contribution in [0.4, 0.5) is 11.4 Å². The summed E-state index contributed by atoms with van der Waals surface area (Å²) < 4.78 is 0. The third-order valence-electron chi connectivity index (χ3n) is 3.76. The second-order valence-electron chi connectivity index (χ2n) is 4.98. The van der Waals surface area contributed by atoms with E-state index in [1.165, 1.54) is 47.3 Å². The van der Waals surface area contributed by atoms with Crippen LogP contribution in [0, 0.1) is 0 Å². The molecular formula is C17H19N. The molecular weight excluding hydrogens is 218 g/mol. The highest BCUT2D eigenvalue weighted by Crippen LogP contribution is 2.30. The van der Waals surface area contributed by atoms with Gasteiger partial charge in [-0.25, -0.2) is 0 Å². The van der Waals surface area contributed by atoms with Gasteiger partial charge in [0.25, 0.3) is 0 Å².